The number of urea groups is 1. The number of nitrogens with one attached hydrogen (secondary N) is 2. The highest BCUT2D eigenvalue weighted by Gasteiger charge is 2.50. The van der Waals surface area contributed by atoms with Crippen LogP contribution in [0.15, 0.2) is 60.7 Å². The van der Waals surface area contributed by atoms with Gasteiger partial charge in [-0.15, -0.1) is 11.3 Å². The number of imide groups is 1. The molecule has 1 atom stereocenters. The zero-order valence-corrected chi connectivity index (χ0v) is 19.9. The van der Waals surface area contributed by atoms with E-state index in [4.69, 9.17) is 11.6 Å². The molecular formula is C24H20ClN5O3S. The van der Waals surface area contributed by atoms with Crippen LogP contribution < -0.4 is 10.7 Å². The first-order chi connectivity index (χ1) is 16.3. The fourth-order valence-electron chi connectivity index (χ4n) is 3.98. The number of hydrogen-bond acceptors (Lipinski definition) is 5. The highest BCUT2D eigenvalue weighted by molar-refractivity contribution is 7.20. The molecule has 1 unspecified atom stereocenters. The fourth-order valence-corrected chi connectivity index (χ4v) is 5.23. The van der Waals surface area contributed by atoms with Gasteiger partial charge in [0.1, 0.15) is 10.4 Å². The van der Waals surface area contributed by atoms with Crippen LogP contribution in [0.25, 0.3) is 10.2 Å². The van der Waals surface area contributed by atoms with Gasteiger partial charge in [0.2, 0.25) is 0 Å². The molecule has 0 spiro atoms. The van der Waals surface area contributed by atoms with Gasteiger partial charge in [-0.2, -0.15) is 10.1 Å². The highest BCUT2D eigenvalue weighted by Crippen LogP contribution is 2.31. The van der Waals surface area contributed by atoms with Gasteiger partial charge < -0.3 is 5.32 Å². The Kier molecular flexibility index (Phi) is 5.38. The van der Waals surface area contributed by atoms with Gasteiger partial charge in [0.05, 0.1) is 17.1 Å². The summed E-state index contributed by atoms with van der Waals surface area (Å²) >= 11 is 7.54. The van der Waals surface area contributed by atoms with E-state index in [1.165, 1.54) is 11.3 Å². The van der Waals surface area contributed by atoms with Gasteiger partial charge in [-0.1, -0.05) is 60.1 Å². The normalized spacial score (nSPS) is 17.9. The van der Waals surface area contributed by atoms with Crippen molar-refractivity contribution in [3.8, 4) is 0 Å². The third-order valence-corrected chi connectivity index (χ3v) is 7.38. The first-order valence-corrected chi connectivity index (χ1v) is 11.7. The Labute approximate surface area is 204 Å². The van der Waals surface area contributed by atoms with Gasteiger partial charge in [-0.3, -0.25) is 19.7 Å². The molecule has 1 aliphatic rings. The van der Waals surface area contributed by atoms with Crippen molar-refractivity contribution < 1.29 is 14.4 Å². The first-order valence-electron chi connectivity index (χ1n) is 10.5. The van der Waals surface area contributed by atoms with Gasteiger partial charge in [0, 0.05) is 10.4 Å². The second kappa shape index (κ2) is 8.27. The lowest BCUT2D eigenvalue weighted by atomic mass is 9.92. The number of aromatic nitrogens is 2. The summed E-state index contributed by atoms with van der Waals surface area (Å²) < 4.78 is 1.80. The lowest BCUT2D eigenvalue weighted by molar-refractivity contribution is -0.132. The molecule has 10 heteroatoms. The molecule has 4 amide bonds. The van der Waals surface area contributed by atoms with Crippen molar-refractivity contribution in [2.45, 2.75) is 25.9 Å². The molecule has 0 saturated carbocycles. The van der Waals surface area contributed by atoms with Crippen molar-refractivity contribution >= 4 is 51.0 Å². The Morgan fingerprint density at radius 3 is 2.59 bits per heavy atom. The number of halogens is 1. The number of rotatable bonds is 5. The number of hydrogen-bond donors (Lipinski definition) is 2. The van der Waals surface area contributed by atoms with Crippen LogP contribution in [0.5, 0.6) is 0 Å². The predicted molar refractivity (Wildman–Crippen MR) is 130 cm³/mol. The molecule has 0 bridgehead atoms. The van der Waals surface area contributed by atoms with Crippen molar-refractivity contribution in [2.75, 3.05) is 0 Å². The standard InChI is InChI=1S/C24H20ClN5O3S/c1-14-17-12-19(34-21(17)29(27-14)13-15-8-6-7-11-18(15)25)20(31)28-30-22(32)24(2,26-23(30)33)16-9-4-3-5-10-16/h3-12H,13H2,1-2H3,(H,26,33)(H,28,31). The van der Waals surface area contributed by atoms with Gasteiger partial charge in [-0.05, 0) is 37.1 Å². The topological polar surface area (TPSA) is 96.3 Å². The molecule has 4 aromatic rings. The van der Waals surface area contributed by atoms with E-state index in [1.54, 1.807) is 41.9 Å². The summed E-state index contributed by atoms with van der Waals surface area (Å²) in [6.45, 7) is 3.93. The molecule has 1 fully saturated rings. The van der Waals surface area contributed by atoms with Crippen LogP contribution in [0.3, 0.4) is 0 Å². The second-order valence-corrected chi connectivity index (χ2v) is 9.60. The smallest absolute Gasteiger partial charge is 0.318 e. The average Bonchev–Trinajstić information content (AvgIpc) is 3.45. The third-order valence-electron chi connectivity index (χ3n) is 5.86. The van der Waals surface area contributed by atoms with Crippen LogP contribution in [0.1, 0.15) is 33.4 Å². The zero-order chi connectivity index (χ0) is 24.0. The Morgan fingerprint density at radius 2 is 1.85 bits per heavy atom. The first kappa shape index (κ1) is 22.1. The number of benzene rings is 2. The lowest BCUT2D eigenvalue weighted by Crippen LogP contribution is -2.47. The molecule has 0 aliphatic carbocycles. The van der Waals surface area contributed by atoms with Crippen LogP contribution in [0.4, 0.5) is 4.79 Å². The van der Waals surface area contributed by atoms with E-state index in [0.717, 1.165) is 26.5 Å². The maximum Gasteiger partial charge on any atom is 0.344 e. The molecular weight excluding hydrogens is 474 g/mol. The minimum Gasteiger partial charge on any atom is -0.318 e. The molecule has 2 aromatic carbocycles. The van der Waals surface area contributed by atoms with E-state index in [2.05, 4.69) is 15.8 Å². The van der Waals surface area contributed by atoms with Crippen molar-refractivity contribution in [3.05, 3.63) is 87.4 Å². The highest BCUT2D eigenvalue weighted by atomic mass is 35.5. The molecule has 8 nitrogen and oxygen atoms in total. The van der Waals surface area contributed by atoms with Crippen LogP contribution in [-0.4, -0.2) is 32.6 Å². The monoisotopic (exact) mass is 493 g/mol. The molecule has 172 valence electrons. The van der Waals surface area contributed by atoms with Crippen molar-refractivity contribution in [1.82, 2.24) is 25.5 Å². The van der Waals surface area contributed by atoms with Crippen LogP contribution in [0.2, 0.25) is 5.02 Å². The number of thiophene rings is 1. The van der Waals surface area contributed by atoms with E-state index < -0.39 is 23.4 Å². The summed E-state index contributed by atoms with van der Waals surface area (Å²) in [5, 5.41) is 9.45. The molecule has 34 heavy (non-hydrogen) atoms. The summed E-state index contributed by atoms with van der Waals surface area (Å²) in [6.07, 6.45) is 0. The van der Waals surface area contributed by atoms with Gasteiger partial charge in [-0.25, -0.2) is 4.79 Å². The number of hydrazine groups is 1. The minimum atomic E-state index is -1.27. The molecule has 5 rings (SSSR count). The average molecular weight is 494 g/mol. The van der Waals surface area contributed by atoms with E-state index in [0.29, 0.717) is 22.0 Å². The number of aryl methyl sites for hydroxylation is 1. The van der Waals surface area contributed by atoms with E-state index in [-0.39, 0.29) is 0 Å². The van der Waals surface area contributed by atoms with E-state index in [1.807, 2.05) is 37.3 Å². The quantitative estimate of drug-likeness (QED) is 0.407. The zero-order valence-electron chi connectivity index (χ0n) is 18.3. The Bertz CT molecular complexity index is 1450. The van der Waals surface area contributed by atoms with Crippen LogP contribution in [0, 0.1) is 6.92 Å². The van der Waals surface area contributed by atoms with Gasteiger partial charge >= 0.3 is 6.03 Å². The summed E-state index contributed by atoms with van der Waals surface area (Å²) in [7, 11) is 0. The molecule has 1 aliphatic heterocycles. The lowest BCUT2D eigenvalue weighted by Gasteiger charge is -2.21. The number of fused-ring (bicyclic) bond motifs is 1. The number of carbonyl (C=O) groups excluding carboxylic acids is 3. The number of amides is 4. The van der Waals surface area contributed by atoms with Crippen LogP contribution in [-0.2, 0) is 16.9 Å². The molecule has 2 aromatic heterocycles. The van der Waals surface area contributed by atoms with Crippen molar-refractivity contribution in [1.29, 1.82) is 0 Å². The number of nitrogens with zero attached hydrogens (tertiary/aromatic N) is 3. The number of carbonyl (C=O) groups is 3. The molecule has 2 N–H and O–H groups in total. The summed E-state index contributed by atoms with van der Waals surface area (Å²) in [5.74, 6) is -1.11. The summed E-state index contributed by atoms with van der Waals surface area (Å²) in [4.78, 5) is 39.8. The van der Waals surface area contributed by atoms with E-state index >= 15 is 0 Å². The Morgan fingerprint density at radius 1 is 1.15 bits per heavy atom. The molecule has 0 radical (unpaired) electrons. The minimum absolute atomic E-state index is 0.359. The summed E-state index contributed by atoms with van der Waals surface area (Å²) in [6, 6.07) is 17.4. The maximum atomic E-state index is 13.1. The SMILES string of the molecule is Cc1nn(Cc2ccccc2Cl)c2sc(C(=O)NN3C(=O)NC(C)(c4ccccc4)C3=O)cc12. The Balaban J connectivity index is 1.40. The Hall–Kier alpha value is -3.69. The van der Waals surface area contributed by atoms with Crippen LogP contribution >= 0.6 is 22.9 Å². The third kappa shape index (κ3) is 3.63. The maximum absolute atomic E-state index is 13.1. The predicted octanol–water partition coefficient (Wildman–Crippen LogP) is 4.22. The largest absolute Gasteiger partial charge is 0.344 e. The molecule has 1 saturated heterocycles. The fraction of sp³-hybridized carbons (Fsp3) is 0.167. The van der Waals surface area contributed by atoms with Gasteiger partial charge in [0.25, 0.3) is 11.8 Å². The van der Waals surface area contributed by atoms with E-state index in [9.17, 15) is 14.4 Å². The molecule has 3 heterocycles. The second-order valence-electron chi connectivity index (χ2n) is 8.17. The summed E-state index contributed by atoms with van der Waals surface area (Å²) in [5.41, 5.74) is 3.50. The van der Waals surface area contributed by atoms with Gasteiger partial charge in [0.15, 0.2) is 0 Å². The van der Waals surface area contributed by atoms with Crippen molar-refractivity contribution in [2.24, 2.45) is 0 Å². The van der Waals surface area contributed by atoms with Crippen molar-refractivity contribution in [3.63, 3.8) is 0 Å².